The molecule has 2 aliphatic carbocycles. The van der Waals surface area contributed by atoms with Gasteiger partial charge in [-0.15, -0.1) is 0 Å². The molecule has 4 heteroatoms. The lowest BCUT2D eigenvalue weighted by Crippen LogP contribution is -2.32. The Labute approximate surface area is 125 Å². The normalized spacial score (nSPS) is 27.0. The van der Waals surface area contributed by atoms with E-state index in [-0.39, 0.29) is 5.56 Å². The summed E-state index contributed by atoms with van der Waals surface area (Å²) in [4.78, 5) is 13.3. The van der Waals surface area contributed by atoms with Crippen LogP contribution in [0, 0.1) is 17.8 Å². The van der Waals surface area contributed by atoms with Gasteiger partial charge in [-0.2, -0.15) is 0 Å². The minimum absolute atomic E-state index is 0.257. The molecule has 3 atom stereocenters. The zero-order valence-electron chi connectivity index (χ0n) is 12.6. The molecular weight excluding hydrogens is 264 g/mol. The van der Waals surface area contributed by atoms with Crippen molar-refractivity contribution in [3.63, 3.8) is 0 Å². The van der Waals surface area contributed by atoms with Crippen LogP contribution in [0.5, 0.6) is 0 Å². The predicted octanol–water partition coefficient (Wildman–Crippen LogP) is 3.23. The second-order valence-electron chi connectivity index (χ2n) is 6.55. The summed E-state index contributed by atoms with van der Waals surface area (Å²) >= 11 is 0. The van der Waals surface area contributed by atoms with Gasteiger partial charge in [0.25, 0.3) is 0 Å². The van der Waals surface area contributed by atoms with Crippen molar-refractivity contribution in [2.45, 2.75) is 32.6 Å². The first kappa shape index (κ1) is 14.2. The number of rotatable bonds is 5. The number of hydrogen-bond acceptors (Lipinski definition) is 3. The SMILES string of the molecule is CCN(CC1CC2CCC1C2)c1ccc(C(=O)O)cc1N. The van der Waals surface area contributed by atoms with E-state index in [1.165, 1.54) is 25.7 Å². The van der Waals surface area contributed by atoms with Gasteiger partial charge in [-0.25, -0.2) is 4.79 Å². The van der Waals surface area contributed by atoms with E-state index >= 15 is 0 Å². The molecule has 2 aliphatic rings. The molecule has 114 valence electrons. The number of hydrogen-bond donors (Lipinski definition) is 2. The van der Waals surface area contributed by atoms with Gasteiger partial charge in [0.1, 0.15) is 0 Å². The second kappa shape index (κ2) is 5.58. The fourth-order valence-electron chi connectivity index (χ4n) is 4.26. The first-order chi connectivity index (χ1) is 10.1. The number of anilines is 2. The average molecular weight is 288 g/mol. The molecule has 2 fully saturated rings. The lowest BCUT2D eigenvalue weighted by Gasteiger charge is -2.31. The highest BCUT2D eigenvalue weighted by molar-refractivity contribution is 5.90. The summed E-state index contributed by atoms with van der Waals surface area (Å²) in [6.45, 7) is 4.09. The van der Waals surface area contributed by atoms with E-state index in [1.54, 1.807) is 12.1 Å². The summed E-state index contributed by atoms with van der Waals surface area (Å²) in [6.07, 6.45) is 5.58. The maximum absolute atomic E-state index is 11.0. The van der Waals surface area contributed by atoms with Crippen molar-refractivity contribution in [3.05, 3.63) is 23.8 Å². The molecule has 21 heavy (non-hydrogen) atoms. The molecule has 0 aromatic heterocycles. The Morgan fingerprint density at radius 2 is 2.19 bits per heavy atom. The fraction of sp³-hybridized carbons (Fsp3) is 0.588. The van der Waals surface area contributed by atoms with E-state index < -0.39 is 5.97 Å². The van der Waals surface area contributed by atoms with Gasteiger partial charge in [-0.05, 0) is 62.1 Å². The van der Waals surface area contributed by atoms with Gasteiger partial charge in [0, 0.05) is 13.1 Å². The largest absolute Gasteiger partial charge is 0.478 e. The van der Waals surface area contributed by atoms with Crippen LogP contribution < -0.4 is 10.6 Å². The molecule has 4 nitrogen and oxygen atoms in total. The van der Waals surface area contributed by atoms with E-state index in [1.807, 2.05) is 6.07 Å². The number of nitrogens with zero attached hydrogens (tertiary/aromatic N) is 1. The molecule has 3 N–H and O–H groups in total. The average Bonchev–Trinajstić information content (AvgIpc) is 3.07. The summed E-state index contributed by atoms with van der Waals surface area (Å²) in [5.74, 6) is 1.70. The second-order valence-corrected chi connectivity index (χ2v) is 6.55. The van der Waals surface area contributed by atoms with Crippen molar-refractivity contribution in [2.24, 2.45) is 17.8 Å². The van der Waals surface area contributed by atoms with Gasteiger partial charge in [0.15, 0.2) is 0 Å². The molecular formula is C17H24N2O2. The van der Waals surface area contributed by atoms with Crippen LogP contribution >= 0.6 is 0 Å². The van der Waals surface area contributed by atoms with Crippen LogP contribution in [0.1, 0.15) is 43.0 Å². The van der Waals surface area contributed by atoms with Crippen LogP contribution in [0.4, 0.5) is 11.4 Å². The maximum atomic E-state index is 11.0. The third-order valence-corrected chi connectivity index (χ3v) is 5.34. The van der Waals surface area contributed by atoms with Gasteiger partial charge < -0.3 is 15.7 Å². The van der Waals surface area contributed by atoms with Gasteiger partial charge in [0.2, 0.25) is 0 Å². The lowest BCUT2D eigenvalue weighted by atomic mass is 9.88. The van der Waals surface area contributed by atoms with Crippen LogP contribution in [0.25, 0.3) is 0 Å². The van der Waals surface area contributed by atoms with Crippen LogP contribution in [0.2, 0.25) is 0 Å². The monoisotopic (exact) mass is 288 g/mol. The van der Waals surface area contributed by atoms with Crippen molar-refractivity contribution in [1.82, 2.24) is 0 Å². The number of carboxylic acids is 1. The predicted molar refractivity (Wildman–Crippen MR) is 84.6 cm³/mol. The first-order valence-corrected chi connectivity index (χ1v) is 7.96. The first-order valence-electron chi connectivity index (χ1n) is 7.96. The Morgan fingerprint density at radius 3 is 2.71 bits per heavy atom. The Hall–Kier alpha value is -1.71. The number of carboxylic acid groups (broad SMARTS) is 1. The number of benzene rings is 1. The van der Waals surface area contributed by atoms with Crippen LogP contribution in [-0.4, -0.2) is 24.2 Å². The van der Waals surface area contributed by atoms with Gasteiger partial charge in [0.05, 0.1) is 16.9 Å². The third-order valence-electron chi connectivity index (χ3n) is 5.34. The number of fused-ring (bicyclic) bond motifs is 2. The Morgan fingerprint density at radius 1 is 1.38 bits per heavy atom. The highest BCUT2D eigenvalue weighted by Gasteiger charge is 2.39. The van der Waals surface area contributed by atoms with E-state index in [2.05, 4.69) is 11.8 Å². The summed E-state index contributed by atoms with van der Waals surface area (Å²) in [6, 6.07) is 5.08. The van der Waals surface area contributed by atoms with Gasteiger partial charge >= 0.3 is 5.97 Å². The number of nitrogen functional groups attached to an aromatic ring is 1. The van der Waals surface area contributed by atoms with Crippen molar-refractivity contribution in [1.29, 1.82) is 0 Å². The molecule has 0 radical (unpaired) electrons. The summed E-state index contributed by atoms with van der Waals surface area (Å²) in [5, 5.41) is 9.03. The Bertz CT molecular complexity index is 544. The number of carbonyl (C=O) groups is 1. The Balaban J connectivity index is 1.75. The van der Waals surface area contributed by atoms with E-state index in [4.69, 9.17) is 10.8 Å². The van der Waals surface area contributed by atoms with Crippen molar-refractivity contribution >= 4 is 17.3 Å². The van der Waals surface area contributed by atoms with Crippen molar-refractivity contribution in [2.75, 3.05) is 23.7 Å². The molecule has 3 rings (SSSR count). The topological polar surface area (TPSA) is 66.6 Å². The standard InChI is InChI=1S/C17H24N2O2/c1-2-19(10-14-8-11-3-4-12(14)7-11)16-6-5-13(17(20)21)9-15(16)18/h5-6,9,11-12,14H,2-4,7-8,10,18H2,1H3,(H,20,21). The molecule has 0 aliphatic heterocycles. The molecule has 1 aromatic carbocycles. The minimum Gasteiger partial charge on any atom is -0.478 e. The molecule has 2 saturated carbocycles. The highest BCUT2D eigenvalue weighted by atomic mass is 16.4. The molecule has 0 saturated heterocycles. The van der Waals surface area contributed by atoms with Crippen LogP contribution in [0.15, 0.2) is 18.2 Å². The summed E-state index contributed by atoms with van der Waals surface area (Å²) in [7, 11) is 0. The minimum atomic E-state index is -0.926. The third kappa shape index (κ3) is 2.71. The van der Waals surface area contributed by atoms with E-state index in [0.717, 1.165) is 36.5 Å². The van der Waals surface area contributed by atoms with Crippen LogP contribution in [-0.2, 0) is 0 Å². The lowest BCUT2D eigenvalue weighted by molar-refractivity contribution is 0.0697. The molecule has 0 amide bonds. The number of nitrogens with two attached hydrogens (primary N) is 1. The van der Waals surface area contributed by atoms with Gasteiger partial charge in [-0.1, -0.05) is 6.42 Å². The van der Waals surface area contributed by atoms with Crippen molar-refractivity contribution < 1.29 is 9.90 Å². The van der Waals surface area contributed by atoms with Crippen LogP contribution in [0.3, 0.4) is 0 Å². The molecule has 3 unspecified atom stereocenters. The highest BCUT2D eigenvalue weighted by Crippen LogP contribution is 2.48. The van der Waals surface area contributed by atoms with E-state index in [0.29, 0.717) is 5.69 Å². The molecule has 1 aromatic rings. The zero-order chi connectivity index (χ0) is 15.0. The fourth-order valence-corrected chi connectivity index (χ4v) is 4.26. The zero-order valence-corrected chi connectivity index (χ0v) is 12.6. The maximum Gasteiger partial charge on any atom is 0.335 e. The Kier molecular flexibility index (Phi) is 3.79. The molecule has 0 spiro atoms. The number of aromatic carboxylic acids is 1. The van der Waals surface area contributed by atoms with Gasteiger partial charge in [-0.3, -0.25) is 0 Å². The molecule has 2 bridgehead atoms. The smallest absolute Gasteiger partial charge is 0.335 e. The quantitative estimate of drug-likeness (QED) is 0.816. The summed E-state index contributed by atoms with van der Waals surface area (Å²) < 4.78 is 0. The summed E-state index contributed by atoms with van der Waals surface area (Å²) in [5.41, 5.74) is 7.88. The molecule has 0 heterocycles. The van der Waals surface area contributed by atoms with E-state index in [9.17, 15) is 4.79 Å². The van der Waals surface area contributed by atoms with Crippen molar-refractivity contribution in [3.8, 4) is 0 Å².